The van der Waals surface area contributed by atoms with Crippen molar-refractivity contribution >= 4 is 27.5 Å². The monoisotopic (exact) mass is 479 g/mol. The van der Waals surface area contributed by atoms with Crippen LogP contribution in [0.3, 0.4) is 0 Å². The molecule has 0 saturated heterocycles. The minimum atomic E-state index is -3.48. The molecule has 3 aromatic rings. The Hall–Kier alpha value is -3.69. The minimum Gasteiger partial charge on any atom is -0.459 e. The Labute approximate surface area is 198 Å². The summed E-state index contributed by atoms with van der Waals surface area (Å²) in [6, 6.07) is 16.8. The molecule has 34 heavy (non-hydrogen) atoms. The van der Waals surface area contributed by atoms with Crippen LogP contribution < -0.4 is 10.0 Å². The molecule has 1 atom stereocenters. The topological polar surface area (TPSA) is 109 Å². The molecule has 2 heterocycles. The number of sulfonamides is 1. The maximum Gasteiger partial charge on any atom is 0.290 e. The molecule has 0 spiro atoms. The van der Waals surface area contributed by atoms with Gasteiger partial charge in [0.25, 0.3) is 5.91 Å². The molecule has 0 saturated carbocycles. The molecule has 1 aromatic heterocycles. The Bertz CT molecular complexity index is 1280. The van der Waals surface area contributed by atoms with E-state index in [1.807, 2.05) is 24.3 Å². The molecule has 9 heteroatoms. The zero-order chi connectivity index (χ0) is 24.1. The molecule has 1 aliphatic rings. The number of hydrogen-bond acceptors (Lipinski definition) is 5. The van der Waals surface area contributed by atoms with Crippen molar-refractivity contribution < 1.29 is 22.4 Å². The average molecular weight is 480 g/mol. The van der Waals surface area contributed by atoms with Crippen molar-refractivity contribution in [2.45, 2.75) is 24.8 Å². The Morgan fingerprint density at radius 3 is 2.47 bits per heavy atom. The van der Waals surface area contributed by atoms with E-state index in [0.29, 0.717) is 24.2 Å². The Balaban J connectivity index is 1.50. The second-order valence-electron chi connectivity index (χ2n) is 7.98. The van der Waals surface area contributed by atoms with Gasteiger partial charge in [-0.2, -0.15) is 0 Å². The normalized spacial score (nSPS) is 15.4. The second kappa shape index (κ2) is 10.1. The van der Waals surface area contributed by atoms with Gasteiger partial charge in [0.2, 0.25) is 15.9 Å². The van der Waals surface area contributed by atoms with Gasteiger partial charge < -0.3 is 14.6 Å². The maximum absolute atomic E-state index is 13.2. The van der Waals surface area contributed by atoms with Crippen molar-refractivity contribution in [3.05, 3.63) is 102 Å². The van der Waals surface area contributed by atoms with Gasteiger partial charge in [0.15, 0.2) is 5.76 Å². The predicted molar refractivity (Wildman–Crippen MR) is 128 cm³/mol. The lowest BCUT2D eigenvalue weighted by Crippen LogP contribution is -2.50. The summed E-state index contributed by atoms with van der Waals surface area (Å²) in [5.74, 6) is -0.692. The first-order valence-corrected chi connectivity index (χ1v) is 12.4. The number of rotatable bonds is 8. The smallest absolute Gasteiger partial charge is 0.290 e. The summed E-state index contributed by atoms with van der Waals surface area (Å²) in [5.41, 5.74) is 3.09. The Kier molecular flexibility index (Phi) is 6.95. The van der Waals surface area contributed by atoms with E-state index < -0.39 is 16.1 Å². The van der Waals surface area contributed by atoms with Crippen molar-refractivity contribution in [1.82, 2.24) is 9.62 Å². The van der Waals surface area contributed by atoms with Crippen LogP contribution in [0.4, 0.5) is 5.69 Å². The van der Waals surface area contributed by atoms with Crippen LogP contribution >= 0.6 is 0 Å². The van der Waals surface area contributed by atoms with E-state index in [9.17, 15) is 18.0 Å². The third kappa shape index (κ3) is 5.44. The molecule has 2 amide bonds. The van der Waals surface area contributed by atoms with Crippen LogP contribution in [0.15, 0.2) is 84.0 Å². The maximum atomic E-state index is 13.2. The highest BCUT2D eigenvalue weighted by atomic mass is 32.2. The number of nitrogens with zero attached hydrogens (tertiary/aromatic N) is 1. The number of carbonyl (C=O) groups excluding carboxylic acids is 2. The Morgan fingerprint density at radius 2 is 1.79 bits per heavy atom. The number of hydrogen-bond donors (Lipinski definition) is 2. The summed E-state index contributed by atoms with van der Waals surface area (Å²) in [6.45, 7) is 3.95. The van der Waals surface area contributed by atoms with Crippen LogP contribution in [0.25, 0.3) is 0 Å². The van der Waals surface area contributed by atoms with Gasteiger partial charge in [-0.3, -0.25) is 9.59 Å². The number of amides is 2. The van der Waals surface area contributed by atoms with Crippen molar-refractivity contribution in [3.8, 4) is 0 Å². The zero-order valence-electron chi connectivity index (χ0n) is 18.4. The van der Waals surface area contributed by atoms with Gasteiger partial charge in [0.1, 0.15) is 6.04 Å². The molecule has 2 N–H and O–H groups in total. The molecule has 0 radical (unpaired) electrons. The summed E-state index contributed by atoms with van der Waals surface area (Å²) >= 11 is 0. The van der Waals surface area contributed by atoms with Crippen LogP contribution in [-0.4, -0.2) is 37.7 Å². The van der Waals surface area contributed by atoms with E-state index in [1.165, 1.54) is 17.2 Å². The average Bonchev–Trinajstić information content (AvgIpc) is 3.37. The fourth-order valence-corrected chi connectivity index (χ4v) is 4.98. The van der Waals surface area contributed by atoms with Crippen molar-refractivity contribution in [1.29, 1.82) is 0 Å². The highest BCUT2D eigenvalue weighted by molar-refractivity contribution is 7.88. The highest BCUT2D eigenvalue weighted by Crippen LogP contribution is 2.26. The molecule has 1 unspecified atom stereocenters. The van der Waals surface area contributed by atoms with Gasteiger partial charge in [-0.15, -0.1) is 6.58 Å². The standard InChI is InChI=1S/C25H25N3O5S/c1-2-13-26-34(31,32)17-18-9-11-21(12-10-18)27-24(29)22-15-19-6-3-4-7-20(19)16-28(22)25(30)23-8-5-14-33-23/h2-12,14,22,26H,1,13,15-17H2,(H,27,29). The van der Waals surface area contributed by atoms with Crippen LogP contribution in [0, 0.1) is 0 Å². The number of nitrogens with one attached hydrogen (secondary N) is 2. The van der Waals surface area contributed by atoms with Crippen LogP contribution in [0.2, 0.25) is 0 Å². The fourth-order valence-electron chi connectivity index (χ4n) is 3.88. The lowest BCUT2D eigenvalue weighted by molar-refractivity contribution is -0.121. The molecule has 4 rings (SSSR count). The van der Waals surface area contributed by atoms with Gasteiger partial charge in [-0.05, 0) is 41.0 Å². The largest absolute Gasteiger partial charge is 0.459 e. The summed E-state index contributed by atoms with van der Waals surface area (Å²) < 4.78 is 31.8. The highest BCUT2D eigenvalue weighted by Gasteiger charge is 2.36. The van der Waals surface area contributed by atoms with Crippen LogP contribution in [0.1, 0.15) is 27.2 Å². The third-order valence-electron chi connectivity index (χ3n) is 5.57. The molecule has 176 valence electrons. The number of anilines is 1. The van der Waals surface area contributed by atoms with E-state index >= 15 is 0 Å². The van der Waals surface area contributed by atoms with E-state index in [1.54, 1.807) is 36.4 Å². The molecule has 0 bridgehead atoms. The van der Waals surface area contributed by atoms with E-state index in [-0.39, 0.29) is 29.9 Å². The van der Waals surface area contributed by atoms with Crippen molar-refractivity contribution in [3.63, 3.8) is 0 Å². The Morgan fingerprint density at radius 1 is 1.06 bits per heavy atom. The van der Waals surface area contributed by atoms with Crippen LogP contribution in [-0.2, 0) is 33.5 Å². The zero-order valence-corrected chi connectivity index (χ0v) is 19.3. The molecule has 0 fully saturated rings. The van der Waals surface area contributed by atoms with Crippen LogP contribution in [0.5, 0.6) is 0 Å². The number of benzene rings is 2. The first-order chi connectivity index (χ1) is 16.4. The number of furan rings is 1. The second-order valence-corrected chi connectivity index (χ2v) is 9.79. The molecule has 0 aliphatic carbocycles. The van der Waals surface area contributed by atoms with Gasteiger partial charge >= 0.3 is 0 Å². The number of carbonyl (C=O) groups is 2. The lowest BCUT2D eigenvalue weighted by atomic mass is 9.93. The summed E-state index contributed by atoms with van der Waals surface area (Å²) in [6.07, 6.45) is 3.27. The fraction of sp³-hybridized carbons (Fsp3) is 0.200. The summed E-state index contributed by atoms with van der Waals surface area (Å²) in [4.78, 5) is 27.8. The van der Waals surface area contributed by atoms with Gasteiger partial charge in [0.05, 0.1) is 12.0 Å². The first kappa shape index (κ1) is 23.5. The molecule has 1 aliphatic heterocycles. The van der Waals surface area contributed by atoms with Gasteiger partial charge in [-0.1, -0.05) is 42.5 Å². The molecule has 2 aromatic carbocycles. The van der Waals surface area contributed by atoms with E-state index in [4.69, 9.17) is 4.42 Å². The molecular weight excluding hydrogens is 454 g/mol. The van der Waals surface area contributed by atoms with Crippen molar-refractivity contribution in [2.75, 3.05) is 11.9 Å². The SMILES string of the molecule is C=CCNS(=O)(=O)Cc1ccc(NC(=O)C2Cc3ccccc3CN2C(=O)c2ccco2)cc1. The number of fused-ring (bicyclic) bond motifs is 1. The van der Waals surface area contributed by atoms with E-state index in [0.717, 1.165) is 11.1 Å². The van der Waals surface area contributed by atoms with Crippen molar-refractivity contribution in [2.24, 2.45) is 0 Å². The summed E-state index contributed by atoms with van der Waals surface area (Å²) in [5, 5.41) is 2.86. The minimum absolute atomic E-state index is 0.161. The van der Waals surface area contributed by atoms with Gasteiger partial charge in [-0.25, -0.2) is 13.1 Å². The first-order valence-electron chi connectivity index (χ1n) is 10.8. The lowest BCUT2D eigenvalue weighted by Gasteiger charge is -2.35. The van der Waals surface area contributed by atoms with E-state index in [2.05, 4.69) is 16.6 Å². The van der Waals surface area contributed by atoms with Gasteiger partial charge in [0, 0.05) is 25.2 Å². The molecular formula is C25H25N3O5S. The quantitative estimate of drug-likeness (QED) is 0.483. The molecule has 8 nitrogen and oxygen atoms in total. The predicted octanol–water partition coefficient (Wildman–Crippen LogP) is 3.09. The summed E-state index contributed by atoms with van der Waals surface area (Å²) in [7, 11) is -3.48. The third-order valence-corrected chi connectivity index (χ3v) is 6.89.